The fraction of sp³-hybridized carbons (Fsp3) is 0.417. The van der Waals surface area contributed by atoms with Crippen LogP contribution in [0.15, 0.2) is 12.1 Å². The summed E-state index contributed by atoms with van der Waals surface area (Å²) in [5, 5.41) is 0. The van der Waals surface area contributed by atoms with E-state index in [1.54, 1.807) is 4.57 Å². The Morgan fingerprint density at radius 3 is 2.72 bits per heavy atom. The Morgan fingerprint density at radius 2 is 2.00 bits per heavy atom. The van der Waals surface area contributed by atoms with Gasteiger partial charge in [-0.25, -0.2) is 8.78 Å². The Labute approximate surface area is 107 Å². The van der Waals surface area contributed by atoms with Gasteiger partial charge in [0.2, 0.25) is 0 Å². The molecule has 96 valence electrons. The number of hydrogen-bond donors (Lipinski definition) is 1. The molecule has 2 heterocycles. The number of fused-ring (bicyclic) bond motifs is 1. The highest BCUT2D eigenvalue weighted by Gasteiger charge is 2.20. The molecule has 0 spiro atoms. The number of ether oxygens (including phenoxy) is 1. The number of H-pyrrole nitrogens is 1. The smallest absolute Gasteiger partial charge is 0.178 e. The van der Waals surface area contributed by atoms with Crippen molar-refractivity contribution in [3.8, 4) is 0 Å². The van der Waals surface area contributed by atoms with E-state index in [2.05, 4.69) is 4.98 Å². The largest absolute Gasteiger partial charge is 0.381 e. The van der Waals surface area contributed by atoms with Gasteiger partial charge in [-0.1, -0.05) is 0 Å². The quantitative estimate of drug-likeness (QED) is 0.806. The van der Waals surface area contributed by atoms with Crippen molar-refractivity contribution < 1.29 is 13.5 Å². The van der Waals surface area contributed by atoms with E-state index < -0.39 is 11.6 Å². The summed E-state index contributed by atoms with van der Waals surface area (Å²) < 4.78 is 34.5. The number of rotatable bonds is 1. The maximum atomic E-state index is 13.7. The predicted molar refractivity (Wildman–Crippen MR) is 66.1 cm³/mol. The van der Waals surface area contributed by atoms with Gasteiger partial charge in [0.1, 0.15) is 11.3 Å². The third-order valence-electron chi connectivity index (χ3n) is 3.30. The molecular weight excluding hydrogens is 258 g/mol. The van der Waals surface area contributed by atoms with Crippen molar-refractivity contribution in [2.75, 3.05) is 13.2 Å². The maximum absolute atomic E-state index is 13.7. The number of nitrogens with zero attached hydrogens (tertiary/aromatic N) is 1. The van der Waals surface area contributed by atoms with Gasteiger partial charge >= 0.3 is 0 Å². The number of halogens is 2. The summed E-state index contributed by atoms with van der Waals surface area (Å²) >= 11 is 5.21. The molecule has 3 rings (SSSR count). The van der Waals surface area contributed by atoms with Gasteiger partial charge in [-0.05, 0) is 31.1 Å². The summed E-state index contributed by atoms with van der Waals surface area (Å²) in [5.41, 5.74) is 0.761. The zero-order valence-electron chi connectivity index (χ0n) is 9.58. The van der Waals surface area contributed by atoms with E-state index in [9.17, 15) is 8.78 Å². The molecule has 1 N–H and O–H groups in total. The Balaban J connectivity index is 2.21. The van der Waals surface area contributed by atoms with Crippen LogP contribution in [0, 0.1) is 16.4 Å². The van der Waals surface area contributed by atoms with Crippen molar-refractivity contribution in [2.45, 2.75) is 18.9 Å². The predicted octanol–water partition coefficient (Wildman–Crippen LogP) is 3.33. The fourth-order valence-electron chi connectivity index (χ4n) is 2.46. The van der Waals surface area contributed by atoms with Crippen molar-refractivity contribution in [1.82, 2.24) is 9.55 Å². The van der Waals surface area contributed by atoms with Gasteiger partial charge in [-0.3, -0.25) is 0 Å². The SMILES string of the molecule is Fc1cc(F)c2[nH]c(=S)n(C3CCOCC3)c2c1. The third kappa shape index (κ3) is 1.85. The summed E-state index contributed by atoms with van der Waals surface area (Å²) in [5.74, 6) is -1.20. The van der Waals surface area contributed by atoms with E-state index in [0.29, 0.717) is 23.5 Å². The molecule has 1 saturated heterocycles. The van der Waals surface area contributed by atoms with Crippen LogP contribution >= 0.6 is 12.2 Å². The average molecular weight is 270 g/mol. The van der Waals surface area contributed by atoms with Crippen LogP contribution < -0.4 is 0 Å². The first-order valence-corrected chi connectivity index (χ1v) is 6.24. The second-order valence-electron chi connectivity index (χ2n) is 4.43. The summed E-state index contributed by atoms with van der Waals surface area (Å²) in [6.45, 7) is 1.30. The van der Waals surface area contributed by atoms with E-state index in [1.165, 1.54) is 6.07 Å². The molecule has 0 aliphatic carbocycles. The molecule has 1 aliphatic rings. The van der Waals surface area contributed by atoms with Crippen LogP contribution in [0.3, 0.4) is 0 Å². The molecule has 2 aromatic rings. The van der Waals surface area contributed by atoms with Crippen LogP contribution in [0.2, 0.25) is 0 Å². The van der Waals surface area contributed by atoms with Crippen LogP contribution in [0.4, 0.5) is 8.78 Å². The standard InChI is InChI=1S/C12H12F2N2OS/c13-7-5-9(14)11-10(6-7)16(12(18)15-11)8-1-3-17-4-2-8/h5-6,8H,1-4H2,(H,15,18). The van der Waals surface area contributed by atoms with Gasteiger partial charge in [0.05, 0.1) is 5.52 Å². The van der Waals surface area contributed by atoms with E-state index in [4.69, 9.17) is 17.0 Å². The van der Waals surface area contributed by atoms with Crippen LogP contribution in [0.1, 0.15) is 18.9 Å². The molecule has 1 fully saturated rings. The maximum Gasteiger partial charge on any atom is 0.178 e. The van der Waals surface area contributed by atoms with Gasteiger partial charge in [0, 0.05) is 25.3 Å². The third-order valence-corrected chi connectivity index (χ3v) is 3.60. The molecular formula is C12H12F2N2OS. The highest BCUT2D eigenvalue weighted by atomic mass is 32.1. The minimum absolute atomic E-state index is 0.140. The lowest BCUT2D eigenvalue weighted by Gasteiger charge is -2.24. The lowest BCUT2D eigenvalue weighted by atomic mass is 10.1. The minimum atomic E-state index is -0.609. The molecule has 0 amide bonds. The second kappa shape index (κ2) is 4.44. The van der Waals surface area contributed by atoms with Gasteiger partial charge in [-0.15, -0.1) is 0 Å². The number of nitrogens with one attached hydrogen (secondary N) is 1. The molecule has 1 aromatic carbocycles. The first-order chi connectivity index (χ1) is 8.66. The van der Waals surface area contributed by atoms with Crippen molar-refractivity contribution in [3.63, 3.8) is 0 Å². The molecule has 0 radical (unpaired) electrons. The molecule has 3 nitrogen and oxygen atoms in total. The fourth-order valence-corrected chi connectivity index (χ4v) is 2.81. The van der Waals surface area contributed by atoms with Crippen LogP contribution in [-0.4, -0.2) is 22.8 Å². The molecule has 0 unspecified atom stereocenters. The Hall–Kier alpha value is -1.27. The molecule has 0 atom stereocenters. The lowest BCUT2D eigenvalue weighted by molar-refractivity contribution is 0.0702. The van der Waals surface area contributed by atoms with Gasteiger partial charge < -0.3 is 14.3 Å². The van der Waals surface area contributed by atoms with E-state index in [0.717, 1.165) is 18.9 Å². The highest BCUT2D eigenvalue weighted by molar-refractivity contribution is 7.71. The summed E-state index contributed by atoms with van der Waals surface area (Å²) in [6.07, 6.45) is 1.61. The van der Waals surface area contributed by atoms with Crippen LogP contribution in [0.5, 0.6) is 0 Å². The minimum Gasteiger partial charge on any atom is -0.381 e. The summed E-state index contributed by atoms with van der Waals surface area (Å²) in [6, 6.07) is 2.32. The van der Waals surface area contributed by atoms with Gasteiger partial charge in [0.15, 0.2) is 10.6 Å². The van der Waals surface area contributed by atoms with Crippen molar-refractivity contribution in [2.24, 2.45) is 0 Å². The van der Waals surface area contributed by atoms with E-state index >= 15 is 0 Å². The van der Waals surface area contributed by atoms with Gasteiger partial charge in [-0.2, -0.15) is 0 Å². The van der Waals surface area contributed by atoms with E-state index in [1.807, 2.05) is 0 Å². The molecule has 0 saturated carbocycles. The normalized spacial score (nSPS) is 17.4. The molecule has 1 aliphatic heterocycles. The van der Waals surface area contributed by atoms with Crippen LogP contribution in [-0.2, 0) is 4.74 Å². The number of aromatic amines is 1. The monoisotopic (exact) mass is 270 g/mol. The molecule has 6 heteroatoms. The van der Waals surface area contributed by atoms with Crippen molar-refractivity contribution in [1.29, 1.82) is 0 Å². The molecule has 18 heavy (non-hydrogen) atoms. The zero-order chi connectivity index (χ0) is 12.7. The second-order valence-corrected chi connectivity index (χ2v) is 4.81. The Kier molecular flexibility index (Phi) is 2.91. The van der Waals surface area contributed by atoms with Crippen LogP contribution in [0.25, 0.3) is 11.0 Å². The van der Waals surface area contributed by atoms with Crippen molar-refractivity contribution in [3.05, 3.63) is 28.5 Å². The topological polar surface area (TPSA) is 29.9 Å². The summed E-state index contributed by atoms with van der Waals surface area (Å²) in [4.78, 5) is 2.82. The number of imidazole rings is 1. The van der Waals surface area contributed by atoms with E-state index in [-0.39, 0.29) is 11.6 Å². The Bertz CT molecular complexity index is 643. The lowest BCUT2D eigenvalue weighted by Crippen LogP contribution is -2.19. The number of hydrogen-bond acceptors (Lipinski definition) is 2. The molecule has 0 bridgehead atoms. The first kappa shape index (κ1) is 11.8. The van der Waals surface area contributed by atoms with Gasteiger partial charge in [0.25, 0.3) is 0 Å². The zero-order valence-corrected chi connectivity index (χ0v) is 10.4. The first-order valence-electron chi connectivity index (χ1n) is 5.84. The molecule has 1 aromatic heterocycles. The average Bonchev–Trinajstić information content (AvgIpc) is 2.67. The number of aromatic nitrogens is 2. The number of benzene rings is 1. The summed E-state index contributed by atoms with van der Waals surface area (Å²) in [7, 11) is 0. The Morgan fingerprint density at radius 1 is 1.28 bits per heavy atom. The van der Waals surface area contributed by atoms with Crippen molar-refractivity contribution >= 4 is 23.3 Å². The highest BCUT2D eigenvalue weighted by Crippen LogP contribution is 2.28.